The zero-order valence-corrected chi connectivity index (χ0v) is 35.7. The standard InChI is InChI=1S/C42H54F4N14O4/c1-26-24-59(10-6-43)32-22-34(30(45)20-27(32)36(26)61)55-12-16-57(17-13-55)41(49)53-39(47)51-8-4-2-3-5-9-52-40(48)54-42(50)58-18-14-56(15-19-58)35-23-33-28(21-31(35)46)37(62)29(38(63)64)25-60(33)11-7-44/h20-25H,2-19H2,1H3,(H,63,64)(H4,47,49,51,53)(H4,48,50,52,54). The molecule has 0 amide bonds. The third-order valence-electron chi connectivity index (χ3n) is 11.3. The Balaban J connectivity index is 0.906. The van der Waals surface area contributed by atoms with E-state index in [0.717, 1.165) is 37.9 Å². The van der Waals surface area contributed by atoms with Crippen molar-refractivity contribution in [3.63, 3.8) is 0 Å². The maximum atomic E-state index is 15.3. The topological polar surface area (TPSA) is 248 Å². The second-order valence-corrected chi connectivity index (χ2v) is 15.5. The molecular weight excluding hydrogens is 841 g/mol. The third kappa shape index (κ3) is 10.8. The van der Waals surface area contributed by atoms with Gasteiger partial charge in [0.2, 0.25) is 17.3 Å². The maximum absolute atomic E-state index is 15.3. The van der Waals surface area contributed by atoms with Crippen molar-refractivity contribution in [2.24, 2.45) is 42.9 Å². The van der Waals surface area contributed by atoms with E-state index in [9.17, 15) is 28.3 Å². The highest BCUT2D eigenvalue weighted by Gasteiger charge is 2.25. The van der Waals surface area contributed by atoms with Gasteiger partial charge in [0.1, 0.15) is 30.5 Å². The molecule has 2 aliphatic rings. The number of piperazine rings is 2. The number of nitrogens with zero attached hydrogens (tertiary/aromatic N) is 10. The zero-order valence-electron chi connectivity index (χ0n) is 35.7. The van der Waals surface area contributed by atoms with E-state index < -0.39 is 41.9 Å². The minimum absolute atomic E-state index is 0.0268. The Morgan fingerprint density at radius 1 is 0.641 bits per heavy atom. The molecule has 344 valence electrons. The van der Waals surface area contributed by atoms with E-state index in [1.807, 2.05) is 9.80 Å². The number of rotatable bonds is 14. The van der Waals surface area contributed by atoms with Gasteiger partial charge < -0.3 is 56.8 Å². The van der Waals surface area contributed by atoms with Crippen molar-refractivity contribution in [3.05, 3.63) is 79.9 Å². The van der Waals surface area contributed by atoms with Gasteiger partial charge in [0.15, 0.2) is 17.3 Å². The molecule has 2 aromatic heterocycles. The Morgan fingerprint density at radius 3 is 1.48 bits per heavy atom. The van der Waals surface area contributed by atoms with Crippen LogP contribution in [0, 0.1) is 18.6 Å². The van der Waals surface area contributed by atoms with E-state index in [1.54, 1.807) is 33.6 Å². The summed E-state index contributed by atoms with van der Waals surface area (Å²) >= 11 is 0. The van der Waals surface area contributed by atoms with Crippen molar-refractivity contribution in [3.8, 4) is 0 Å². The number of pyridine rings is 2. The first-order valence-electron chi connectivity index (χ1n) is 21.0. The number of unbranched alkanes of at least 4 members (excludes halogenated alkanes) is 3. The van der Waals surface area contributed by atoms with E-state index in [2.05, 4.69) is 20.0 Å². The molecule has 2 aromatic carbocycles. The second-order valence-electron chi connectivity index (χ2n) is 15.5. The van der Waals surface area contributed by atoms with Gasteiger partial charge in [0.05, 0.1) is 35.5 Å². The molecule has 2 saturated heterocycles. The summed E-state index contributed by atoms with van der Waals surface area (Å²) in [6.45, 7) is 4.14. The molecule has 0 bridgehead atoms. The Morgan fingerprint density at radius 2 is 1.06 bits per heavy atom. The quantitative estimate of drug-likeness (QED) is 0.0530. The van der Waals surface area contributed by atoms with Crippen LogP contribution in [0.3, 0.4) is 0 Å². The van der Waals surface area contributed by atoms with Crippen LogP contribution in [0.25, 0.3) is 21.8 Å². The summed E-state index contributed by atoms with van der Waals surface area (Å²) in [5, 5.41) is 9.47. The molecule has 0 radical (unpaired) electrons. The Hall–Kier alpha value is -6.87. The summed E-state index contributed by atoms with van der Waals surface area (Å²) in [5.74, 6) is -2.26. The number of aromatic carboxylic acids is 1. The fourth-order valence-corrected chi connectivity index (χ4v) is 7.90. The summed E-state index contributed by atoms with van der Waals surface area (Å²) in [4.78, 5) is 61.3. The predicted molar refractivity (Wildman–Crippen MR) is 242 cm³/mol. The number of benzene rings is 2. The van der Waals surface area contributed by atoms with Gasteiger partial charge >= 0.3 is 5.97 Å². The lowest BCUT2D eigenvalue weighted by Crippen LogP contribution is -2.51. The number of aryl methyl sites for hydroxylation is 3. The summed E-state index contributed by atoms with van der Waals surface area (Å²) in [6, 6.07) is 5.27. The van der Waals surface area contributed by atoms with Crippen LogP contribution in [-0.2, 0) is 13.1 Å². The number of carboxylic acids is 1. The normalized spacial score (nSPS) is 15.8. The molecule has 6 rings (SSSR count). The van der Waals surface area contributed by atoms with Crippen molar-refractivity contribution in [2.75, 3.05) is 88.6 Å². The average Bonchev–Trinajstić information content (AvgIpc) is 3.27. The van der Waals surface area contributed by atoms with Gasteiger partial charge in [-0.15, -0.1) is 0 Å². The molecular formula is C42H54F4N14O4. The molecule has 0 aliphatic carbocycles. The highest BCUT2D eigenvalue weighted by Crippen LogP contribution is 2.28. The summed E-state index contributed by atoms with van der Waals surface area (Å²) < 4.78 is 60.1. The highest BCUT2D eigenvalue weighted by molar-refractivity contribution is 5.95. The van der Waals surface area contributed by atoms with E-state index >= 15 is 8.78 Å². The Kier molecular flexibility index (Phi) is 15.3. The lowest BCUT2D eigenvalue weighted by atomic mass is 10.1. The molecule has 2 aliphatic heterocycles. The Labute approximate surface area is 365 Å². The van der Waals surface area contributed by atoms with E-state index in [-0.39, 0.29) is 64.3 Å². The monoisotopic (exact) mass is 894 g/mol. The number of hydrogen-bond donors (Lipinski definition) is 5. The van der Waals surface area contributed by atoms with E-state index in [1.165, 1.54) is 16.7 Å². The van der Waals surface area contributed by atoms with Gasteiger partial charge in [0, 0.05) is 94.2 Å². The molecule has 4 aromatic rings. The maximum Gasteiger partial charge on any atom is 0.341 e. The van der Waals surface area contributed by atoms with Crippen molar-refractivity contribution in [2.45, 2.75) is 45.7 Å². The highest BCUT2D eigenvalue weighted by atomic mass is 19.1. The minimum Gasteiger partial charge on any atom is -0.477 e. The van der Waals surface area contributed by atoms with Gasteiger partial charge in [-0.05, 0) is 44.0 Å². The first kappa shape index (κ1) is 46.6. The van der Waals surface area contributed by atoms with Crippen molar-refractivity contribution in [1.29, 1.82) is 0 Å². The lowest BCUT2D eigenvalue weighted by Gasteiger charge is -2.36. The minimum atomic E-state index is -1.48. The predicted octanol–water partition coefficient (Wildman–Crippen LogP) is 2.30. The number of halogens is 4. The van der Waals surface area contributed by atoms with Gasteiger partial charge in [-0.2, -0.15) is 9.98 Å². The number of aromatic nitrogens is 2. The van der Waals surface area contributed by atoms with E-state index in [4.69, 9.17) is 22.9 Å². The zero-order chi connectivity index (χ0) is 46.1. The number of aliphatic imine (C=N–C) groups is 4. The van der Waals surface area contributed by atoms with Crippen LogP contribution >= 0.6 is 0 Å². The third-order valence-corrected chi connectivity index (χ3v) is 11.3. The molecule has 2 fully saturated rings. The Bertz CT molecular complexity index is 2600. The van der Waals surface area contributed by atoms with Crippen LogP contribution in [0.2, 0.25) is 0 Å². The molecule has 22 heteroatoms. The smallest absolute Gasteiger partial charge is 0.341 e. The molecule has 0 saturated carbocycles. The molecule has 0 spiro atoms. The fraction of sp³-hybridized carbons (Fsp3) is 0.452. The fourth-order valence-electron chi connectivity index (χ4n) is 7.90. The SMILES string of the molecule is Cc1cn(CCF)c2cc(N3CCN(C(N)=NC(N)=NCCCCCCN=C(N)N=C(N)N4CCN(c5cc6c(cc5F)c(=O)c(C(=O)O)cn6CCF)CC4)CC3)c(F)cc2c1=O. The van der Waals surface area contributed by atoms with Crippen molar-refractivity contribution >= 4 is 63.0 Å². The first-order valence-corrected chi connectivity index (χ1v) is 21.0. The number of nitrogens with two attached hydrogens (primary N) is 4. The van der Waals surface area contributed by atoms with Crippen LogP contribution in [0.1, 0.15) is 41.6 Å². The van der Waals surface area contributed by atoms with Gasteiger partial charge in [-0.25, -0.2) is 22.4 Å². The molecule has 4 heterocycles. The van der Waals surface area contributed by atoms with Crippen LogP contribution < -0.4 is 43.6 Å². The van der Waals surface area contributed by atoms with Crippen LogP contribution in [0.4, 0.5) is 28.9 Å². The number of alkyl halides is 2. The number of anilines is 2. The first-order chi connectivity index (χ1) is 30.7. The van der Waals surface area contributed by atoms with Crippen LogP contribution in [0.15, 0.2) is 66.2 Å². The number of carboxylic acid groups (broad SMARTS) is 1. The molecule has 9 N–H and O–H groups in total. The van der Waals surface area contributed by atoms with Gasteiger partial charge in [0.25, 0.3) is 0 Å². The summed E-state index contributed by atoms with van der Waals surface area (Å²) in [5.41, 5.74) is 24.5. The molecule has 18 nitrogen and oxygen atoms in total. The van der Waals surface area contributed by atoms with Crippen LogP contribution in [-0.4, -0.2) is 133 Å². The average molecular weight is 895 g/mol. The number of hydrogen-bond acceptors (Lipinski definition) is 7. The summed E-state index contributed by atoms with van der Waals surface area (Å²) in [7, 11) is 0. The van der Waals surface area contributed by atoms with Crippen molar-refractivity contribution in [1.82, 2.24) is 18.9 Å². The molecule has 0 atom stereocenters. The van der Waals surface area contributed by atoms with E-state index in [0.29, 0.717) is 82.2 Å². The number of carbonyl (C=O) groups is 1. The summed E-state index contributed by atoms with van der Waals surface area (Å²) in [6.07, 6.45) is 5.88. The number of guanidine groups is 4. The van der Waals surface area contributed by atoms with Crippen LogP contribution in [0.5, 0.6) is 0 Å². The van der Waals surface area contributed by atoms with Gasteiger partial charge in [-0.3, -0.25) is 19.6 Å². The molecule has 64 heavy (non-hydrogen) atoms. The second kappa shape index (κ2) is 21.0. The largest absolute Gasteiger partial charge is 0.477 e. The van der Waals surface area contributed by atoms with Gasteiger partial charge in [-0.1, -0.05) is 12.8 Å². The molecule has 0 unspecified atom stereocenters. The number of fused-ring (bicyclic) bond motifs is 2. The lowest BCUT2D eigenvalue weighted by molar-refractivity contribution is 0.0694. The van der Waals surface area contributed by atoms with Crippen molar-refractivity contribution < 1.29 is 27.5 Å².